The average molecular weight is 450 g/mol. The molecule has 31 heavy (non-hydrogen) atoms. The van der Waals surface area contributed by atoms with E-state index in [-0.39, 0.29) is 5.56 Å². The summed E-state index contributed by atoms with van der Waals surface area (Å²) >= 11 is 0. The van der Waals surface area contributed by atoms with Crippen molar-refractivity contribution in [3.05, 3.63) is 60.2 Å². The van der Waals surface area contributed by atoms with Crippen LogP contribution in [0.3, 0.4) is 0 Å². The molecule has 12 heteroatoms. The van der Waals surface area contributed by atoms with Gasteiger partial charge in [-0.2, -0.15) is 13.2 Å². The predicted octanol–water partition coefficient (Wildman–Crippen LogP) is 4.25. The molecule has 168 valence electrons. The molecule has 0 bridgehead atoms. The number of anilines is 1. The molecule has 0 aliphatic heterocycles. The fourth-order valence-corrected chi connectivity index (χ4v) is 2.42. The highest BCUT2D eigenvalue weighted by molar-refractivity contribution is 5.99. The molecule has 0 saturated heterocycles. The van der Waals surface area contributed by atoms with Crippen molar-refractivity contribution >= 4 is 17.6 Å². The van der Waals surface area contributed by atoms with Gasteiger partial charge in [-0.3, -0.25) is 4.79 Å². The quantitative estimate of drug-likeness (QED) is 0.375. The number of hydrogen-bond donors (Lipinski definition) is 2. The Morgan fingerprint density at radius 1 is 0.903 bits per heavy atom. The van der Waals surface area contributed by atoms with Gasteiger partial charge in [-0.1, -0.05) is 18.2 Å². The zero-order valence-corrected chi connectivity index (χ0v) is 15.8. The van der Waals surface area contributed by atoms with Gasteiger partial charge in [0.2, 0.25) is 0 Å². The van der Waals surface area contributed by atoms with E-state index in [0.717, 1.165) is 24.3 Å². The molecule has 0 radical (unpaired) electrons. The molecule has 2 rings (SSSR count). The van der Waals surface area contributed by atoms with E-state index in [1.165, 1.54) is 37.3 Å². The normalized spacial score (nSPS) is 13.6. The average Bonchev–Trinajstić information content (AvgIpc) is 2.67. The van der Waals surface area contributed by atoms with E-state index in [1.54, 1.807) is 5.32 Å². The monoisotopic (exact) mass is 450 g/mol. The van der Waals surface area contributed by atoms with Crippen LogP contribution in [0.1, 0.15) is 17.3 Å². The summed E-state index contributed by atoms with van der Waals surface area (Å²) in [7, 11) is 0. The lowest BCUT2D eigenvalue weighted by molar-refractivity contribution is -0.274. The van der Waals surface area contributed by atoms with Crippen molar-refractivity contribution in [2.24, 2.45) is 0 Å². The Kier molecular flexibility index (Phi) is 7.03. The van der Waals surface area contributed by atoms with Gasteiger partial charge in [-0.15, -0.1) is 13.2 Å². The Balaban J connectivity index is 2.43. The number of alkyl halides is 6. The molecule has 0 aliphatic rings. The van der Waals surface area contributed by atoms with Crippen LogP contribution in [0.2, 0.25) is 0 Å². The zero-order valence-electron chi connectivity index (χ0n) is 15.8. The third kappa shape index (κ3) is 6.03. The molecule has 6 nitrogen and oxygen atoms in total. The molecule has 0 aliphatic carbocycles. The van der Waals surface area contributed by atoms with Crippen LogP contribution in [0, 0.1) is 0 Å². The molecule has 0 fully saturated rings. The standard InChI is InChI=1S/C19H16F6N2O4/c1-2-30-16(29)17(18(20,21)22,27-15(28)12-6-4-3-5-7-12)26-13-8-10-14(11-9-13)31-19(23,24)25/h3-11,26H,2H2,1H3,(H,27,28)/t17-/m1/s1. The summed E-state index contributed by atoms with van der Waals surface area (Å²) in [5.74, 6) is -3.79. The molecule has 2 aromatic carbocycles. The van der Waals surface area contributed by atoms with E-state index >= 15 is 0 Å². The van der Waals surface area contributed by atoms with Crippen molar-refractivity contribution in [2.45, 2.75) is 25.1 Å². The molecular formula is C19H16F6N2O4. The summed E-state index contributed by atoms with van der Waals surface area (Å²) in [6.45, 7) is 0.833. The summed E-state index contributed by atoms with van der Waals surface area (Å²) in [5.41, 5.74) is -4.33. The molecular weight excluding hydrogens is 434 g/mol. The first kappa shape index (κ1) is 23.8. The van der Waals surface area contributed by atoms with E-state index in [0.29, 0.717) is 0 Å². The van der Waals surface area contributed by atoms with Crippen LogP contribution >= 0.6 is 0 Å². The van der Waals surface area contributed by atoms with Gasteiger partial charge in [0.05, 0.1) is 6.61 Å². The zero-order chi connectivity index (χ0) is 23.3. The van der Waals surface area contributed by atoms with Crippen LogP contribution in [-0.2, 0) is 9.53 Å². The second-order valence-electron chi connectivity index (χ2n) is 5.99. The summed E-state index contributed by atoms with van der Waals surface area (Å²) in [6.07, 6.45) is -10.4. The van der Waals surface area contributed by atoms with Gasteiger partial charge in [-0.25, -0.2) is 4.79 Å². The Hall–Kier alpha value is -3.44. The molecule has 0 spiro atoms. The Bertz CT molecular complexity index is 900. The van der Waals surface area contributed by atoms with Gasteiger partial charge in [-0.05, 0) is 43.3 Å². The first-order valence-corrected chi connectivity index (χ1v) is 8.63. The van der Waals surface area contributed by atoms with Crippen molar-refractivity contribution in [3.63, 3.8) is 0 Å². The molecule has 0 saturated carbocycles. The number of ether oxygens (including phenoxy) is 2. The second-order valence-corrected chi connectivity index (χ2v) is 5.99. The molecule has 2 aromatic rings. The number of esters is 1. The lowest BCUT2D eigenvalue weighted by Gasteiger charge is -2.35. The van der Waals surface area contributed by atoms with E-state index in [2.05, 4.69) is 9.47 Å². The summed E-state index contributed by atoms with van der Waals surface area (Å²) in [6, 6.07) is 9.90. The van der Waals surface area contributed by atoms with Gasteiger partial charge in [0, 0.05) is 11.3 Å². The van der Waals surface area contributed by atoms with Crippen molar-refractivity contribution in [1.29, 1.82) is 0 Å². The first-order valence-electron chi connectivity index (χ1n) is 8.63. The number of hydrogen-bond acceptors (Lipinski definition) is 5. The smallest absolute Gasteiger partial charge is 0.463 e. The highest BCUT2D eigenvalue weighted by Gasteiger charge is 2.63. The summed E-state index contributed by atoms with van der Waals surface area (Å²) < 4.78 is 87.2. The highest BCUT2D eigenvalue weighted by atomic mass is 19.4. The molecule has 1 amide bonds. The Morgan fingerprint density at radius 2 is 1.48 bits per heavy atom. The third-order valence-corrected chi connectivity index (χ3v) is 3.76. The topological polar surface area (TPSA) is 76.7 Å². The molecule has 0 heterocycles. The number of benzene rings is 2. The molecule has 0 aromatic heterocycles. The summed E-state index contributed by atoms with van der Waals surface area (Å²) in [4.78, 5) is 24.8. The Morgan fingerprint density at radius 3 is 1.97 bits per heavy atom. The number of carbonyl (C=O) groups is 2. The van der Waals surface area contributed by atoms with E-state index in [1.807, 2.05) is 5.32 Å². The van der Waals surface area contributed by atoms with E-state index in [4.69, 9.17) is 0 Å². The van der Waals surface area contributed by atoms with Crippen molar-refractivity contribution < 1.29 is 45.4 Å². The predicted molar refractivity (Wildman–Crippen MR) is 96.1 cm³/mol. The largest absolute Gasteiger partial charge is 0.573 e. The summed E-state index contributed by atoms with van der Waals surface area (Å²) in [5, 5.41) is 3.45. The van der Waals surface area contributed by atoms with Crippen LogP contribution in [0.4, 0.5) is 32.0 Å². The lowest BCUT2D eigenvalue weighted by Crippen LogP contribution is -2.69. The van der Waals surface area contributed by atoms with E-state index < -0.39 is 48.1 Å². The SMILES string of the molecule is CCOC(=O)[C@](NC(=O)c1ccccc1)(Nc1ccc(OC(F)(F)F)cc1)C(F)(F)F. The lowest BCUT2D eigenvalue weighted by atomic mass is 10.1. The molecule has 1 atom stereocenters. The van der Waals surface area contributed by atoms with Crippen LogP contribution in [0.25, 0.3) is 0 Å². The van der Waals surface area contributed by atoms with Gasteiger partial charge in [0.15, 0.2) is 0 Å². The van der Waals surface area contributed by atoms with Crippen LogP contribution in [0.5, 0.6) is 5.75 Å². The first-order chi connectivity index (χ1) is 14.4. The van der Waals surface area contributed by atoms with Gasteiger partial charge in [0.1, 0.15) is 5.75 Å². The maximum absolute atomic E-state index is 14.1. The maximum Gasteiger partial charge on any atom is 0.573 e. The third-order valence-electron chi connectivity index (χ3n) is 3.76. The minimum absolute atomic E-state index is 0.170. The van der Waals surface area contributed by atoms with Crippen LogP contribution in [0.15, 0.2) is 54.6 Å². The van der Waals surface area contributed by atoms with Crippen LogP contribution < -0.4 is 15.4 Å². The molecule has 0 unspecified atom stereocenters. The highest BCUT2D eigenvalue weighted by Crippen LogP contribution is 2.34. The van der Waals surface area contributed by atoms with Crippen molar-refractivity contribution in [2.75, 3.05) is 11.9 Å². The second kappa shape index (κ2) is 9.14. The van der Waals surface area contributed by atoms with Gasteiger partial charge >= 0.3 is 24.2 Å². The fourth-order valence-electron chi connectivity index (χ4n) is 2.42. The minimum Gasteiger partial charge on any atom is -0.463 e. The van der Waals surface area contributed by atoms with Gasteiger partial charge < -0.3 is 20.1 Å². The number of carbonyl (C=O) groups excluding carboxylic acids is 2. The maximum atomic E-state index is 14.1. The number of halogens is 6. The minimum atomic E-state index is -5.40. The van der Waals surface area contributed by atoms with Gasteiger partial charge in [0.25, 0.3) is 5.91 Å². The number of nitrogens with one attached hydrogen (secondary N) is 2. The number of rotatable bonds is 7. The Labute approximate surface area is 172 Å². The fraction of sp³-hybridized carbons (Fsp3) is 0.263. The van der Waals surface area contributed by atoms with Crippen molar-refractivity contribution in [1.82, 2.24) is 5.32 Å². The van der Waals surface area contributed by atoms with E-state index in [9.17, 15) is 35.9 Å². The number of amides is 1. The van der Waals surface area contributed by atoms with Crippen LogP contribution in [-0.4, -0.2) is 36.7 Å². The molecule has 2 N–H and O–H groups in total. The van der Waals surface area contributed by atoms with Crippen molar-refractivity contribution in [3.8, 4) is 5.75 Å².